The molecule has 1 aromatic carbocycles. The average Bonchev–Trinajstić information content (AvgIpc) is 3.10. The number of benzene rings is 1. The number of halogens is 1. The Morgan fingerprint density at radius 1 is 1.30 bits per heavy atom. The summed E-state index contributed by atoms with van der Waals surface area (Å²) in [5, 5.41) is 3.48. The number of thioether (sulfide) groups is 1. The number of carbonyl (C=O) groups is 1. The average molecular weight is 425 g/mol. The summed E-state index contributed by atoms with van der Waals surface area (Å²) in [6.45, 7) is 2.59. The molecule has 0 bridgehead atoms. The van der Waals surface area contributed by atoms with Crippen molar-refractivity contribution in [2.45, 2.75) is 18.6 Å². The van der Waals surface area contributed by atoms with E-state index in [1.807, 2.05) is 16.9 Å². The fourth-order valence-electron chi connectivity index (χ4n) is 3.01. The molecule has 1 N–H and O–H groups in total. The van der Waals surface area contributed by atoms with E-state index in [1.54, 1.807) is 24.4 Å². The molecule has 0 atom stereocenters. The van der Waals surface area contributed by atoms with Crippen LogP contribution in [-0.4, -0.2) is 39.9 Å². The maximum atomic E-state index is 13.5. The summed E-state index contributed by atoms with van der Waals surface area (Å²) in [6.07, 6.45) is 8.83. The van der Waals surface area contributed by atoms with Crippen molar-refractivity contribution in [3.05, 3.63) is 48.4 Å². The Morgan fingerprint density at radius 3 is 2.73 bits per heavy atom. The molecule has 0 aliphatic rings. The second kappa shape index (κ2) is 10.1. The van der Waals surface area contributed by atoms with E-state index in [0.29, 0.717) is 24.7 Å². The van der Waals surface area contributed by atoms with Gasteiger partial charge in [0, 0.05) is 30.8 Å². The number of aromatic nitrogens is 3. The molecule has 0 spiro atoms. The van der Waals surface area contributed by atoms with Crippen LogP contribution in [0.1, 0.15) is 6.92 Å². The van der Waals surface area contributed by atoms with Crippen LogP contribution in [0.3, 0.4) is 0 Å². The van der Waals surface area contributed by atoms with Crippen LogP contribution in [0.25, 0.3) is 22.5 Å². The van der Waals surface area contributed by atoms with Gasteiger partial charge in [0.2, 0.25) is 5.91 Å². The first-order chi connectivity index (χ1) is 14.5. The van der Waals surface area contributed by atoms with Gasteiger partial charge in [-0.3, -0.25) is 4.79 Å². The van der Waals surface area contributed by atoms with E-state index in [9.17, 15) is 9.18 Å². The number of hydrogen-bond acceptors (Lipinski definition) is 5. The fraction of sp³-hybridized carbons (Fsp3) is 0.227. The molecule has 0 saturated heterocycles. The molecule has 1 amide bonds. The zero-order valence-corrected chi connectivity index (χ0v) is 17.5. The van der Waals surface area contributed by atoms with Crippen LogP contribution in [0.4, 0.5) is 10.2 Å². The van der Waals surface area contributed by atoms with Gasteiger partial charge in [-0.25, -0.2) is 14.4 Å². The molecule has 0 aliphatic carbocycles. The minimum absolute atomic E-state index is 0.209. The highest BCUT2D eigenvalue weighted by atomic mass is 32.2. The maximum Gasteiger partial charge on any atom is 0.222 e. The maximum absolute atomic E-state index is 13.5. The summed E-state index contributed by atoms with van der Waals surface area (Å²) in [5.41, 5.74) is 3.13. The normalized spacial score (nSPS) is 10.6. The van der Waals surface area contributed by atoms with E-state index < -0.39 is 0 Å². The van der Waals surface area contributed by atoms with E-state index in [2.05, 4.69) is 16.2 Å². The minimum atomic E-state index is -0.315. The number of ether oxygens (including phenoxy) is 1. The third kappa shape index (κ3) is 5.06. The quantitative estimate of drug-likeness (QED) is 0.335. The summed E-state index contributed by atoms with van der Waals surface area (Å²) in [4.78, 5) is 20.5. The lowest BCUT2D eigenvalue weighted by Gasteiger charge is -2.13. The Bertz CT molecular complexity index is 1070. The number of pyridine rings is 1. The zero-order chi connectivity index (χ0) is 21.5. The number of nitrogens with one attached hydrogen (secondary N) is 1. The third-order valence-corrected chi connectivity index (χ3v) is 4.89. The number of hydrogen-bond donors (Lipinski definition) is 1. The first-order valence-electron chi connectivity index (χ1n) is 9.19. The molecule has 154 valence electrons. The van der Waals surface area contributed by atoms with Crippen LogP contribution in [0.2, 0.25) is 0 Å². The zero-order valence-electron chi connectivity index (χ0n) is 16.7. The number of anilines is 1. The van der Waals surface area contributed by atoms with E-state index in [-0.39, 0.29) is 18.3 Å². The van der Waals surface area contributed by atoms with Crippen molar-refractivity contribution < 1.29 is 13.9 Å². The van der Waals surface area contributed by atoms with Gasteiger partial charge in [-0.1, -0.05) is 17.7 Å². The van der Waals surface area contributed by atoms with Gasteiger partial charge in [0.05, 0.1) is 18.0 Å². The van der Waals surface area contributed by atoms with Crippen molar-refractivity contribution in [3.63, 3.8) is 0 Å². The van der Waals surface area contributed by atoms with Crippen LogP contribution < -0.4 is 5.32 Å². The highest BCUT2D eigenvalue weighted by Gasteiger charge is 2.20. The van der Waals surface area contributed by atoms with Gasteiger partial charge in [-0.05, 0) is 42.7 Å². The molecule has 2 heterocycles. The standard InChI is InChI=1S/C22H21FN4O2S/c1-4-12-29-13-11-27-21(17-9-10-24-19(14-17)25-15(2)28)20(26-22(27)30-3)16-5-7-18(23)8-6-16/h1,5-10,14H,11-13H2,2-3H3,(H,24,25,28). The third-order valence-electron chi connectivity index (χ3n) is 4.21. The number of imidazole rings is 1. The summed E-state index contributed by atoms with van der Waals surface area (Å²) in [5.74, 6) is 2.37. The van der Waals surface area contributed by atoms with Gasteiger partial charge in [0.1, 0.15) is 18.2 Å². The van der Waals surface area contributed by atoms with Gasteiger partial charge in [0.25, 0.3) is 0 Å². The number of rotatable bonds is 8. The molecule has 3 rings (SSSR count). The highest BCUT2D eigenvalue weighted by Crippen LogP contribution is 2.36. The Morgan fingerprint density at radius 2 is 2.07 bits per heavy atom. The smallest absolute Gasteiger partial charge is 0.222 e. The van der Waals surface area contributed by atoms with E-state index in [0.717, 1.165) is 22.0 Å². The second-order valence-electron chi connectivity index (χ2n) is 6.32. The Kier molecular flexibility index (Phi) is 7.22. The lowest BCUT2D eigenvalue weighted by atomic mass is 10.1. The van der Waals surface area contributed by atoms with Crippen molar-refractivity contribution >= 4 is 23.5 Å². The van der Waals surface area contributed by atoms with Crippen LogP contribution in [0.15, 0.2) is 47.8 Å². The Hall–Kier alpha value is -3.15. The van der Waals surface area contributed by atoms with Crippen molar-refractivity contribution in [1.29, 1.82) is 0 Å². The number of nitrogens with zero attached hydrogens (tertiary/aromatic N) is 3. The van der Waals surface area contributed by atoms with E-state index in [4.69, 9.17) is 16.1 Å². The first-order valence-corrected chi connectivity index (χ1v) is 10.4. The second-order valence-corrected chi connectivity index (χ2v) is 7.10. The van der Waals surface area contributed by atoms with Crippen molar-refractivity contribution in [2.24, 2.45) is 0 Å². The Balaban J connectivity index is 2.13. The van der Waals surface area contributed by atoms with Gasteiger partial charge in [0.15, 0.2) is 5.16 Å². The van der Waals surface area contributed by atoms with Crippen LogP contribution >= 0.6 is 11.8 Å². The topological polar surface area (TPSA) is 69.0 Å². The molecule has 2 aromatic heterocycles. The summed E-state index contributed by atoms with van der Waals surface area (Å²) in [6, 6.07) is 9.83. The van der Waals surface area contributed by atoms with Gasteiger partial charge in [-0.2, -0.15) is 0 Å². The predicted molar refractivity (Wildman–Crippen MR) is 117 cm³/mol. The molecule has 0 fully saturated rings. The Labute approximate surface area is 178 Å². The fourth-order valence-corrected chi connectivity index (χ4v) is 3.60. The molecule has 8 heteroatoms. The van der Waals surface area contributed by atoms with Crippen LogP contribution in [0, 0.1) is 18.2 Å². The molecule has 0 saturated carbocycles. The molecule has 3 aromatic rings. The number of terminal acetylenes is 1. The van der Waals surface area contributed by atoms with Crippen molar-refractivity contribution in [1.82, 2.24) is 14.5 Å². The molecular formula is C22H21FN4O2S. The van der Waals surface area contributed by atoms with Gasteiger partial charge >= 0.3 is 0 Å². The monoisotopic (exact) mass is 424 g/mol. The molecular weight excluding hydrogens is 403 g/mol. The number of carbonyl (C=O) groups excluding carboxylic acids is 1. The summed E-state index contributed by atoms with van der Waals surface area (Å²) in [7, 11) is 0. The highest BCUT2D eigenvalue weighted by molar-refractivity contribution is 7.98. The van der Waals surface area contributed by atoms with Crippen LogP contribution in [0.5, 0.6) is 0 Å². The molecule has 0 unspecified atom stereocenters. The molecule has 0 radical (unpaired) electrons. The molecule has 30 heavy (non-hydrogen) atoms. The number of amides is 1. The van der Waals surface area contributed by atoms with E-state index >= 15 is 0 Å². The van der Waals surface area contributed by atoms with Crippen molar-refractivity contribution in [2.75, 3.05) is 24.8 Å². The van der Waals surface area contributed by atoms with Crippen LogP contribution in [-0.2, 0) is 16.1 Å². The first kappa shape index (κ1) is 21.6. The predicted octanol–water partition coefficient (Wildman–Crippen LogP) is 4.08. The molecule has 6 nitrogen and oxygen atoms in total. The lowest BCUT2D eigenvalue weighted by molar-refractivity contribution is -0.114. The van der Waals surface area contributed by atoms with E-state index in [1.165, 1.54) is 30.8 Å². The van der Waals surface area contributed by atoms with Gasteiger partial charge in [-0.15, -0.1) is 6.42 Å². The largest absolute Gasteiger partial charge is 0.367 e. The van der Waals surface area contributed by atoms with Gasteiger partial charge < -0.3 is 14.6 Å². The minimum Gasteiger partial charge on any atom is -0.367 e. The molecule has 0 aliphatic heterocycles. The lowest BCUT2D eigenvalue weighted by Crippen LogP contribution is -2.10. The SMILES string of the molecule is C#CCOCCn1c(SC)nc(-c2ccc(F)cc2)c1-c1ccnc(NC(C)=O)c1. The summed E-state index contributed by atoms with van der Waals surface area (Å²) < 4.78 is 21.0. The summed E-state index contributed by atoms with van der Waals surface area (Å²) >= 11 is 1.50. The van der Waals surface area contributed by atoms with Crippen molar-refractivity contribution in [3.8, 4) is 34.9 Å².